The van der Waals surface area contributed by atoms with Crippen molar-refractivity contribution in [1.82, 2.24) is 0 Å². The molecule has 0 amide bonds. The van der Waals surface area contributed by atoms with Crippen molar-refractivity contribution in [2.24, 2.45) is 0 Å². The Kier molecular flexibility index (Phi) is 9.97. The SMILES string of the molecule is Fc1c(F)c(F)c(-c2c(F)c(F)c(F)c(F)c2B(Oc2c(F)c(F)c(F)c3c(F)c4c(F)cccc4cc23)Oc2c(F)c(F)c(F)c3c(F)c(F)c(F)c(F)c23)c(F)c1F. The molecule has 0 unspecified atom stereocenters. The molecule has 0 bridgehead atoms. The first-order chi connectivity index (χ1) is 28.1. The molecule has 0 aliphatic heterocycles. The van der Waals surface area contributed by atoms with Crippen molar-refractivity contribution in [1.29, 1.82) is 0 Å². The van der Waals surface area contributed by atoms with Crippen LogP contribution in [-0.2, 0) is 0 Å². The highest BCUT2D eigenvalue weighted by Gasteiger charge is 2.45. The van der Waals surface area contributed by atoms with Crippen LogP contribution < -0.4 is 14.8 Å². The zero-order valence-electron chi connectivity index (χ0n) is 27.6. The molecule has 0 aliphatic rings. The van der Waals surface area contributed by atoms with Gasteiger partial charge in [-0.15, -0.1) is 0 Å². The van der Waals surface area contributed by atoms with Crippen molar-refractivity contribution in [3.05, 3.63) is 146 Å². The molecule has 0 aromatic heterocycles. The predicted molar refractivity (Wildman–Crippen MR) is 163 cm³/mol. The summed E-state index contributed by atoms with van der Waals surface area (Å²) in [6.45, 7) is 0. The monoisotopic (exact) mass is 878 g/mol. The largest absolute Gasteiger partial charge is 0.636 e. The molecule has 60 heavy (non-hydrogen) atoms. The van der Waals surface area contributed by atoms with Crippen LogP contribution >= 0.6 is 0 Å². The van der Waals surface area contributed by atoms with Gasteiger partial charge in [0.05, 0.1) is 32.6 Å². The van der Waals surface area contributed by atoms with Gasteiger partial charge < -0.3 is 9.31 Å². The minimum Gasteiger partial charge on any atom is -0.519 e. The quantitative estimate of drug-likeness (QED) is 0.0545. The summed E-state index contributed by atoms with van der Waals surface area (Å²) in [4.78, 5) is 0. The van der Waals surface area contributed by atoms with Crippen LogP contribution in [0.1, 0.15) is 0 Å². The lowest BCUT2D eigenvalue weighted by Gasteiger charge is -2.24. The number of fused-ring (bicyclic) bond motifs is 3. The van der Waals surface area contributed by atoms with Gasteiger partial charge in [-0.1, -0.05) is 12.1 Å². The summed E-state index contributed by atoms with van der Waals surface area (Å²) < 4.78 is 325. The van der Waals surface area contributed by atoms with E-state index in [0.29, 0.717) is 12.1 Å². The zero-order valence-corrected chi connectivity index (χ0v) is 27.6. The minimum absolute atomic E-state index is 0.294. The Labute approximate surface area is 315 Å². The van der Waals surface area contributed by atoms with E-state index in [-0.39, 0.29) is 0 Å². The summed E-state index contributed by atoms with van der Waals surface area (Å²) in [5.74, 6) is -66.7. The highest BCUT2D eigenvalue weighted by atomic mass is 19.2. The maximum absolute atomic E-state index is 16.0. The number of benzene rings is 7. The summed E-state index contributed by atoms with van der Waals surface area (Å²) in [6, 6.07) is 2.43. The summed E-state index contributed by atoms with van der Waals surface area (Å²) in [5, 5.41) is -10.4. The van der Waals surface area contributed by atoms with E-state index in [2.05, 4.69) is 4.65 Å². The first kappa shape index (κ1) is 41.7. The number of rotatable bonds is 6. The van der Waals surface area contributed by atoms with E-state index in [1.807, 2.05) is 0 Å². The van der Waals surface area contributed by atoms with Gasteiger partial charge >= 0.3 is 7.12 Å². The van der Waals surface area contributed by atoms with Crippen molar-refractivity contribution in [2.45, 2.75) is 0 Å². The Hall–Kier alpha value is -6.49. The molecule has 0 N–H and O–H groups in total. The summed E-state index contributed by atoms with van der Waals surface area (Å²) in [6.07, 6.45) is 0. The maximum atomic E-state index is 16.0. The van der Waals surface area contributed by atoms with E-state index in [1.54, 1.807) is 0 Å². The van der Waals surface area contributed by atoms with Crippen molar-refractivity contribution < 1.29 is 102 Å². The predicted octanol–water partition coefficient (Wildman–Crippen LogP) is 11.6. The highest BCUT2D eigenvalue weighted by Crippen LogP contribution is 2.43. The average Bonchev–Trinajstić information content (AvgIpc) is 3.21. The highest BCUT2D eigenvalue weighted by molar-refractivity contribution is 6.65. The fourth-order valence-corrected chi connectivity index (χ4v) is 6.17. The lowest BCUT2D eigenvalue weighted by Crippen LogP contribution is -2.47. The second kappa shape index (κ2) is 14.4. The topological polar surface area (TPSA) is 18.5 Å². The van der Waals surface area contributed by atoms with Gasteiger partial charge in [-0.05, 0) is 17.5 Å². The van der Waals surface area contributed by atoms with E-state index < -0.39 is 190 Å². The van der Waals surface area contributed by atoms with Gasteiger partial charge in [0.1, 0.15) is 17.4 Å². The fraction of sp³-hybridized carbons (Fsp3) is 0. The van der Waals surface area contributed by atoms with Crippen molar-refractivity contribution in [3.8, 4) is 22.6 Å². The van der Waals surface area contributed by atoms with Gasteiger partial charge in [0.15, 0.2) is 98.8 Å². The molecule has 0 radical (unpaired) electrons. The van der Waals surface area contributed by atoms with Crippen molar-refractivity contribution in [3.63, 3.8) is 0 Å². The molecule has 0 saturated heterocycles. The van der Waals surface area contributed by atoms with E-state index in [0.717, 1.165) is 12.1 Å². The molecular weight excluding hydrogens is 874 g/mol. The van der Waals surface area contributed by atoms with E-state index in [4.69, 9.17) is 4.65 Å². The van der Waals surface area contributed by atoms with Crippen LogP contribution in [0.3, 0.4) is 0 Å². The number of hydrogen-bond donors (Lipinski definition) is 0. The first-order valence-electron chi connectivity index (χ1n) is 15.5. The van der Waals surface area contributed by atoms with Crippen LogP contribution in [0.4, 0.5) is 92.2 Å². The molecule has 24 heteroatoms. The fourth-order valence-electron chi connectivity index (χ4n) is 6.17. The van der Waals surface area contributed by atoms with E-state index in [9.17, 15) is 43.9 Å². The standard InChI is InChI=1S/C36H4BF21O2/c38-7-3-1-2-5-4-6-9(15(39)8(5)7)16(40)29(53)33(57)35(6)59-37(60-36-13-12(21(45)30(54)34(36)58)20(44)25(49)28(52)22(13)46)14-10(17(41)24(48)31(55)23(14)47)11-18(42)26(50)32(56)27(51)19(11)43/h1-4H. The molecular formula is C36H4BF21O2. The third-order valence-corrected chi connectivity index (χ3v) is 8.85. The molecule has 0 fully saturated rings. The molecule has 310 valence electrons. The van der Waals surface area contributed by atoms with Crippen LogP contribution in [0.25, 0.3) is 43.4 Å². The maximum Gasteiger partial charge on any atom is 0.636 e. The minimum atomic E-state index is -4.23. The van der Waals surface area contributed by atoms with Crippen LogP contribution in [0.2, 0.25) is 0 Å². The summed E-state index contributed by atoms with van der Waals surface area (Å²) in [5.41, 5.74) is -8.47. The smallest absolute Gasteiger partial charge is 0.519 e. The second-order valence-electron chi connectivity index (χ2n) is 12.1. The molecule has 0 heterocycles. The molecule has 2 nitrogen and oxygen atoms in total. The third-order valence-electron chi connectivity index (χ3n) is 8.85. The van der Waals surface area contributed by atoms with Gasteiger partial charge in [-0.2, -0.15) is 8.78 Å². The molecule has 7 aromatic carbocycles. The summed E-state index contributed by atoms with van der Waals surface area (Å²) in [7, 11) is -4.23. The molecule has 0 aliphatic carbocycles. The Morgan fingerprint density at radius 2 is 0.717 bits per heavy atom. The second-order valence-corrected chi connectivity index (χ2v) is 12.1. The van der Waals surface area contributed by atoms with Gasteiger partial charge in [0, 0.05) is 10.9 Å². The first-order valence-corrected chi connectivity index (χ1v) is 15.5. The lowest BCUT2D eigenvalue weighted by molar-refractivity contribution is 0.369. The lowest BCUT2D eigenvalue weighted by atomic mass is 9.72. The molecule has 7 rings (SSSR count). The van der Waals surface area contributed by atoms with Crippen LogP contribution in [0, 0.1) is 122 Å². The van der Waals surface area contributed by atoms with Gasteiger partial charge in [0.25, 0.3) is 0 Å². The van der Waals surface area contributed by atoms with Crippen molar-refractivity contribution >= 4 is 44.9 Å². The van der Waals surface area contributed by atoms with Crippen LogP contribution in [0.5, 0.6) is 11.5 Å². The third kappa shape index (κ3) is 5.73. The number of halogens is 21. The van der Waals surface area contributed by atoms with Gasteiger partial charge in [-0.25, -0.2) is 83.4 Å². The molecule has 0 atom stereocenters. The van der Waals surface area contributed by atoms with Crippen LogP contribution in [-0.4, -0.2) is 7.12 Å². The number of hydrogen-bond acceptors (Lipinski definition) is 2. The van der Waals surface area contributed by atoms with Crippen LogP contribution in [0.15, 0.2) is 24.3 Å². The van der Waals surface area contributed by atoms with Crippen molar-refractivity contribution in [2.75, 3.05) is 0 Å². The van der Waals surface area contributed by atoms with Gasteiger partial charge in [-0.3, -0.25) is 0 Å². The van der Waals surface area contributed by atoms with E-state index in [1.165, 1.54) is 0 Å². The molecule has 7 aromatic rings. The normalized spacial score (nSPS) is 11.8. The summed E-state index contributed by atoms with van der Waals surface area (Å²) >= 11 is 0. The van der Waals surface area contributed by atoms with Gasteiger partial charge in [0.2, 0.25) is 17.5 Å². The molecule has 0 saturated carbocycles. The Bertz CT molecular complexity index is 3050. The Morgan fingerprint density at radius 1 is 0.317 bits per heavy atom. The Morgan fingerprint density at radius 3 is 1.27 bits per heavy atom. The zero-order chi connectivity index (χ0) is 44.3. The average molecular weight is 878 g/mol. The molecule has 0 spiro atoms. The van der Waals surface area contributed by atoms with E-state index >= 15 is 48.3 Å². The Balaban J connectivity index is 1.68.